The normalized spacial score (nSPS) is 15.6. The monoisotopic (exact) mass is 562 g/mol. The molecule has 1 saturated heterocycles. The van der Waals surface area contributed by atoms with E-state index in [1.54, 1.807) is 0 Å². The summed E-state index contributed by atoms with van der Waals surface area (Å²) in [5.41, 5.74) is 0. The largest absolute Gasteiger partial charge is 0.471 e. The van der Waals surface area contributed by atoms with E-state index in [4.69, 9.17) is 4.74 Å². The van der Waals surface area contributed by atoms with E-state index in [0.717, 1.165) is 6.26 Å². The lowest BCUT2D eigenvalue weighted by Crippen LogP contribution is -2.47. The van der Waals surface area contributed by atoms with Gasteiger partial charge in [0.15, 0.2) is 0 Å². The second-order valence-electron chi connectivity index (χ2n) is 8.40. The van der Waals surface area contributed by atoms with Crippen molar-refractivity contribution in [3.05, 3.63) is 48.1 Å². The molecular formula is C23H29F3N4O7S. The average molecular weight is 563 g/mol. The van der Waals surface area contributed by atoms with Gasteiger partial charge >= 0.3 is 12.1 Å². The summed E-state index contributed by atoms with van der Waals surface area (Å²) in [6.07, 6.45) is -4.53. The molecule has 2 heterocycles. The van der Waals surface area contributed by atoms with Crippen molar-refractivity contribution < 1.29 is 45.2 Å². The number of benzene rings is 1. The molecule has 1 N–H and O–H groups in total. The molecular weight excluding hydrogens is 533 g/mol. The molecule has 0 bridgehead atoms. The number of halogens is 3. The van der Waals surface area contributed by atoms with Gasteiger partial charge in [-0.05, 0) is 6.42 Å². The zero-order valence-electron chi connectivity index (χ0n) is 20.8. The lowest BCUT2D eigenvalue weighted by Gasteiger charge is -2.28. The van der Waals surface area contributed by atoms with Crippen LogP contribution >= 0.6 is 0 Å². The smallest absolute Gasteiger partial charge is 0.378 e. The second-order valence-corrected chi connectivity index (χ2v) is 10.6. The lowest BCUT2D eigenvalue weighted by molar-refractivity contribution is -0.159. The fourth-order valence-electron chi connectivity index (χ4n) is 3.37. The zero-order chi connectivity index (χ0) is 28.3. The van der Waals surface area contributed by atoms with Gasteiger partial charge in [0.1, 0.15) is 9.84 Å². The van der Waals surface area contributed by atoms with Crippen molar-refractivity contribution in [2.24, 2.45) is 5.92 Å². The fourth-order valence-corrected chi connectivity index (χ4v) is 4.37. The molecule has 0 spiro atoms. The van der Waals surface area contributed by atoms with Crippen LogP contribution in [0.25, 0.3) is 0 Å². The first kappa shape index (κ1) is 30.9. The van der Waals surface area contributed by atoms with E-state index in [9.17, 15) is 36.0 Å². The summed E-state index contributed by atoms with van der Waals surface area (Å²) in [7, 11) is -3.68. The van der Waals surface area contributed by atoms with Gasteiger partial charge in [-0.25, -0.2) is 8.42 Å². The number of sulfone groups is 1. The molecule has 3 rings (SSSR count). The number of Topliss-reactive ketones (excluding diaryl/α,β-unsaturated/α-hetero) is 1. The Labute approximate surface area is 217 Å². The zero-order valence-corrected chi connectivity index (χ0v) is 21.6. The highest BCUT2D eigenvalue weighted by Gasteiger charge is 2.40. The number of hydrogen-bond acceptors (Lipinski definition) is 9. The molecule has 1 aromatic heterocycles. The molecule has 1 fully saturated rings. The van der Waals surface area contributed by atoms with E-state index in [2.05, 4.69) is 20.0 Å². The molecule has 2 atom stereocenters. The number of alkyl halides is 3. The van der Waals surface area contributed by atoms with Gasteiger partial charge in [0.2, 0.25) is 23.4 Å². The number of hydrogen-bond donors (Lipinski definition) is 1. The molecule has 15 heteroatoms. The van der Waals surface area contributed by atoms with Crippen molar-refractivity contribution in [3.63, 3.8) is 0 Å². The summed E-state index contributed by atoms with van der Waals surface area (Å²) < 4.78 is 70.6. The number of amides is 2. The Morgan fingerprint density at radius 2 is 1.63 bits per heavy atom. The SMILES string of the molecule is CC[C@H](NC(=O)C(CC(=O)N1CCOCC1)CS(C)(=O)=O)C(=O)c1noc(C(F)(F)F)n1.c1ccccc1. The summed E-state index contributed by atoms with van der Waals surface area (Å²) in [5, 5.41) is 5.29. The molecule has 1 unspecified atom stereocenters. The average Bonchev–Trinajstić information content (AvgIpc) is 3.39. The number of nitrogens with one attached hydrogen (secondary N) is 1. The van der Waals surface area contributed by atoms with Gasteiger partial charge in [-0.15, -0.1) is 0 Å². The minimum Gasteiger partial charge on any atom is -0.378 e. The fraction of sp³-hybridized carbons (Fsp3) is 0.522. The van der Waals surface area contributed by atoms with Crippen LogP contribution in [-0.2, 0) is 30.3 Å². The molecule has 0 saturated carbocycles. The van der Waals surface area contributed by atoms with Gasteiger partial charge in [-0.2, -0.15) is 18.2 Å². The summed E-state index contributed by atoms with van der Waals surface area (Å²) in [5.74, 6) is -6.96. The molecule has 1 aliphatic heterocycles. The Morgan fingerprint density at radius 1 is 1.08 bits per heavy atom. The Balaban J connectivity index is 0.000000739. The number of rotatable bonds is 9. The van der Waals surface area contributed by atoms with E-state index in [1.807, 2.05) is 36.4 Å². The number of carbonyl (C=O) groups excluding carboxylic acids is 3. The molecule has 1 aliphatic rings. The standard InChI is InChI=1S/C17H23F3N4O7S.C6H6/c1-3-11(13(26)14-22-16(31-23-14)17(18,19)20)21-15(27)10(9-32(2,28)29)8-12(25)24-4-6-30-7-5-24;1-2-4-6-5-3-1/h10-11H,3-9H2,1-2H3,(H,21,27);1-6H/t10?,11-;/m0./s1. The first-order valence-corrected chi connectivity index (χ1v) is 13.7. The summed E-state index contributed by atoms with van der Waals surface area (Å²) >= 11 is 0. The van der Waals surface area contributed by atoms with Gasteiger partial charge < -0.3 is 19.5 Å². The van der Waals surface area contributed by atoms with Crippen LogP contribution < -0.4 is 5.32 Å². The van der Waals surface area contributed by atoms with Crippen LogP contribution in [0.2, 0.25) is 0 Å². The Hall–Kier alpha value is -3.33. The first-order chi connectivity index (χ1) is 17.8. The van der Waals surface area contributed by atoms with Crippen molar-refractivity contribution in [1.29, 1.82) is 0 Å². The molecule has 2 aromatic rings. The van der Waals surface area contributed by atoms with Crippen molar-refractivity contribution in [2.75, 3.05) is 38.3 Å². The Kier molecular flexibility index (Phi) is 11.4. The van der Waals surface area contributed by atoms with E-state index < -0.39 is 69.5 Å². The molecule has 1 aromatic carbocycles. The molecule has 0 aliphatic carbocycles. The van der Waals surface area contributed by atoms with Crippen LogP contribution in [0.4, 0.5) is 13.2 Å². The summed E-state index contributed by atoms with van der Waals surface area (Å²) in [6, 6.07) is 10.7. The van der Waals surface area contributed by atoms with Gasteiger partial charge in [0, 0.05) is 25.8 Å². The van der Waals surface area contributed by atoms with E-state index >= 15 is 0 Å². The lowest BCUT2D eigenvalue weighted by atomic mass is 10.0. The van der Waals surface area contributed by atoms with Gasteiger partial charge in [0.05, 0.1) is 30.9 Å². The highest BCUT2D eigenvalue weighted by molar-refractivity contribution is 7.90. The molecule has 2 amide bonds. The number of ketones is 1. The second kappa shape index (κ2) is 14.0. The van der Waals surface area contributed by atoms with E-state index in [0.29, 0.717) is 26.3 Å². The third kappa shape index (κ3) is 10.2. The van der Waals surface area contributed by atoms with Crippen LogP contribution in [0, 0.1) is 5.92 Å². The third-order valence-corrected chi connectivity index (χ3v) is 6.26. The van der Waals surface area contributed by atoms with Crippen molar-refractivity contribution in [2.45, 2.75) is 32.0 Å². The van der Waals surface area contributed by atoms with Crippen molar-refractivity contribution >= 4 is 27.4 Å². The molecule has 38 heavy (non-hydrogen) atoms. The Bertz CT molecular complexity index is 1140. The minimum absolute atomic E-state index is 0.0521. The molecule has 11 nitrogen and oxygen atoms in total. The predicted octanol–water partition coefficient (Wildman–Crippen LogP) is 1.76. The number of ether oxygens (including phenoxy) is 1. The number of carbonyl (C=O) groups is 3. The maximum Gasteiger partial charge on any atom is 0.471 e. The van der Waals surface area contributed by atoms with Crippen LogP contribution in [0.3, 0.4) is 0 Å². The molecule has 210 valence electrons. The van der Waals surface area contributed by atoms with Gasteiger partial charge in [-0.1, -0.05) is 48.5 Å². The number of morpholine rings is 1. The van der Waals surface area contributed by atoms with Gasteiger partial charge in [-0.3, -0.25) is 14.4 Å². The third-order valence-electron chi connectivity index (χ3n) is 5.26. The van der Waals surface area contributed by atoms with Crippen LogP contribution in [0.15, 0.2) is 40.9 Å². The van der Waals surface area contributed by atoms with Crippen molar-refractivity contribution in [1.82, 2.24) is 20.4 Å². The topological polar surface area (TPSA) is 149 Å². The summed E-state index contributed by atoms with van der Waals surface area (Å²) in [6.45, 7) is 2.68. The summed E-state index contributed by atoms with van der Waals surface area (Å²) in [4.78, 5) is 42.1. The van der Waals surface area contributed by atoms with Crippen molar-refractivity contribution in [3.8, 4) is 0 Å². The van der Waals surface area contributed by atoms with Crippen LogP contribution in [-0.4, -0.2) is 85.4 Å². The molecule has 0 radical (unpaired) electrons. The van der Waals surface area contributed by atoms with E-state index in [1.165, 1.54) is 11.8 Å². The van der Waals surface area contributed by atoms with Crippen LogP contribution in [0.1, 0.15) is 36.3 Å². The quantitative estimate of drug-likeness (QED) is 0.451. The maximum atomic E-state index is 12.7. The Morgan fingerprint density at radius 3 is 2.08 bits per heavy atom. The predicted molar refractivity (Wildman–Crippen MR) is 128 cm³/mol. The maximum absolute atomic E-state index is 12.7. The highest BCUT2D eigenvalue weighted by atomic mass is 32.2. The highest BCUT2D eigenvalue weighted by Crippen LogP contribution is 2.27. The first-order valence-electron chi connectivity index (χ1n) is 11.6. The number of aromatic nitrogens is 2. The number of nitrogens with zero attached hydrogens (tertiary/aromatic N) is 3. The minimum atomic E-state index is -4.95. The van der Waals surface area contributed by atoms with Gasteiger partial charge in [0.25, 0.3) is 0 Å². The van der Waals surface area contributed by atoms with Crippen LogP contribution in [0.5, 0.6) is 0 Å². The van der Waals surface area contributed by atoms with E-state index in [-0.39, 0.29) is 6.42 Å².